The Bertz CT molecular complexity index is 1050. The summed E-state index contributed by atoms with van der Waals surface area (Å²) >= 11 is 0. The highest BCUT2D eigenvalue weighted by molar-refractivity contribution is 6.07. The number of carbonyl (C=O) groups excluding carboxylic acids is 2. The van der Waals surface area contributed by atoms with Crippen LogP contribution >= 0.6 is 0 Å². The van der Waals surface area contributed by atoms with Gasteiger partial charge >= 0.3 is 11.9 Å². The Labute approximate surface area is 170 Å². The fourth-order valence-corrected chi connectivity index (χ4v) is 2.64. The van der Waals surface area contributed by atoms with Crippen LogP contribution in [0.4, 0.5) is 11.4 Å². The summed E-state index contributed by atoms with van der Waals surface area (Å²) < 4.78 is 0. The molecule has 8 nitrogen and oxygen atoms in total. The number of carbonyl (C=O) groups is 4. The zero-order valence-electron chi connectivity index (χ0n) is 15.5. The van der Waals surface area contributed by atoms with Gasteiger partial charge in [-0.15, -0.1) is 0 Å². The number of hydrogen-bond acceptors (Lipinski definition) is 4. The van der Waals surface area contributed by atoms with Gasteiger partial charge in [-0.2, -0.15) is 0 Å². The summed E-state index contributed by atoms with van der Waals surface area (Å²) in [5, 5.41) is 23.2. The van der Waals surface area contributed by atoms with Crippen molar-refractivity contribution in [3.8, 4) is 0 Å². The summed E-state index contributed by atoms with van der Waals surface area (Å²) in [4.78, 5) is 46.7. The molecule has 0 unspecified atom stereocenters. The molecule has 3 aromatic carbocycles. The molecule has 0 heterocycles. The molecule has 0 spiro atoms. The first-order valence-corrected chi connectivity index (χ1v) is 8.73. The molecule has 0 atom stereocenters. The van der Waals surface area contributed by atoms with E-state index in [1.54, 1.807) is 12.1 Å². The molecule has 150 valence electrons. The number of amides is 2. The molecular weight excluding hydrogens is 388 g/mol. The van der Waals surface area contributed by atoms with Crippen LogP contribution < -0.4 is 10.6 Å². The van der Waals surface area contributed by atoms with Gasteiger partial charge in [0, 0.05) is 22.5 Å². The molecular formula is C22H16N2O6. The van der Waals surface area contributed by atoms with Gasteiger partial charge in [-0.1, -0.05) is 12.1 Å². The Balaban J connectivity index is 1.68. The molecule has 0 bridgehead atoms. The Morgan fingerprint density at radius 1 is 0.533 bits per heavy atom. The van der Waals surface area contributed by atoms with Crippen molar-refractivity contribution < 1.29 is 29.4 Å². The fraction of sp³-hybridized carbons (Fsp3) is 0. The van der Waals surface area contributed by atoms with E-state index in [1.165, 1.54) is 60.7 Å². The van der Waals surface area contributed by atoms with Crippen LogP contribution in [0.25, 0.3) is 0 Å². The van der Waals surface area contributed by atoms with E-state index in [4.69, 9.17) is 10.2 Å². The van der Waals surface area contributed by atoms with Gasteiger partial charge in [0.1, 0.15) is 0 Å². The van der Waals surface area contributed by atoms with Crippen LogP contribution in [0.2, 0.25) is 0 Å². The number of hydrogen-bond donors (Lipinski definition) is 4. The van der Waals surface area contributed by atoms with Crippen molar-refractivity contribution in [1.82, 2.24) is 0 Å². The van der Waals surface area contributed by atoms with Gasteiger partial charge in [0.15, 0.2) is 0 Å². The minimum Gasteiger partial charge on any atom is -0.478 e. The minimum absolute atomic E-state index is 0.0480. The third kappa shape index (κ3) is 4.87. The second-order valence-electron chi connectivity index (χ2n) is 6.26. The van der Waals surface area contributed by atoms with Crippen LogP contribution in [0, 0.1) is 0 Å². The lowest BCUT2D eigenvalue weighted by Gasteiger charge is -2.08. The highest BCUT2D eigenvalue weighted by Gasteiger charge is 2.12. The molecule has 3 aromatic rings. The molecule has 8 heteroatoms. The number of carboxylic acid groups (broad SMARTS) is 2. The Hall–Kier alpha value is -4.46. The molecule has 30 heavy (non-hydrogen) atoms. The van der Waals surface area contributed by atoms with Crippen molar-refractivity contribution in [2.24, 2.45) is 0 Å². The largest absolute Gasteiger partial charge is 0.478 e. The normalized spacial score (nSPS) is 10.1. The van der Waals surface area contributed by atoms with E-state index in [1.807, 2.05) is 0 Å². The highest BCUT2D eigenvalue weighted by atomic mass is 16.4. The van der Waals surface area contributed by atoms with Gasteiger partial charge < -0.3 is 20.8 Å². The maximum Gasteiger partial charge on any atom is 0.335 e. The smallest absolute Gasteiger partial charge is 0.335 e. The molecule has 0 saturated heterocycles. The standard InChI is InChI=1S/C22H16N2O6/c25-19(23-17-5-1-3-15(11-17)21(27)28)13-7-9-14(10-8-13)20(26)24-18-6-2-4-16(12-18)22(29)30/h1-12H,(H,23,25)(H,24,26)(H,27,28)(H,29,30). The summed E-state index contributed by atoms with van der Waals surface area (Å²) in [6, 6.07) is 17.5. The molecule has 4 N–H and O–H groups in total. The van der Waals surface area contributed by atoms with Gasteiger partial charge in [-0.3, -0.25) is 9.59 Å². The van der Waals surface area contributed by atoms with E-state index in [0.717, 1.165) is 0 Å². The van der Waals surface area contributed by atoms with Crippen molar-refractivity contribution in [1.29, 1.82) is 0 Å². The number of rotatable bonds is 6. The van der Waals surface area contributed by atoms with Crippen molar-refractivity contribution in [3.05, 3.63) is 95.1 Å². The van der Waals surface area contributed by atoms with Gasteiger partial charge in [-0.25, -0.2) is 9.59 Å². The molecule has 0 aromatic heterocycles. The van der Waals surface area contributed by atoms with Crippen LogP contribution in [-0.2, 0) is 0 Å². The van der Waals surface area contributed by atoms with Gasteiger partial charge in [-0.05, 0) is 60.7 Å². The average Bonchev–Trinajstić information content (AvgIpc) is 2.74. The van der Waals surface area contributed by atoms with E-state index in [2.05, 4.69) is 10.6 Å². The highest BCUT2D eigenvalue weighted by Crippen LogP contribution is 2.15. The topological polar surface area (TPSA) is 133 Å². The predicted molar refractivity (Wildman–Crippen MR) is 109 cm³/mol. The lowest BCUT2D eigenvalue weighted by atomic mass is 10.1. The summed E-state index contributed by atoms with van der Waals surface area (Å²) in [5.41, 5.74) is 1.32. The first-order chi connectivity index (χ1) is 14.3. The Kier molecular flexibility index (Phi) is 5.88. The van der Waals surface area contributed by atoms with Crippen molar-refractivity contribution in [2.45, 2.75) is 0 Å². The number of nitrogens with one attached hydrogen (secondary N) is 2. The first kappa shape index (κ1) is 20.3. The van der Waals surface area contributed by atoms with E-state index < -0.39 is 23.8 Å². The van der Waals surface area contributed by atoms with E-state index in [9.17, 15) is 19.2 Å². The molecule has 0 aliphatic rings. The summed E-state index contributed by atoms with van der Waals surface area (Å²) in [5.74, 6) is -3.12. The van der Waals surface area contributed by atoms with Crippen molar-refractivity contribution in [3.63, 3.8) is 0 Å². The number of aromatic carboxylic acids is 2. The van der Waals surface area contributed by atoms with Gasteiger partial charge in [0.2, 0.25) is 0 Å². The Morgan fingerprint density at radius 2 is 0.900 bits per heavy atom. The second-order valence-corrected chi connectivity index (χ2v) is 6.26. The molecule has 2 amide bonds. The number of anilines is 2. The molecule has 0 saturated carbocycles. The molecule has 0 fully saturated rings. The molecule has 3 rings (SSSR count). The molecule has 0 radical (unpaired) electrons. The van der Waals surface area contributed by atoms with Gasteiger partial charge in [0.25, 0.3) is 11.8 Å². The van der Waals surface area contributed by atoms with Crippen LogP contribution in [0.5, 0.6) is 0 Å². The maximum absolute atomic E-state index is 12.4. The monoisotopic (exact) mass is 404 g/mol. The van der Waals surface area contributed by atoms with E-state index in [0.29, 0.717) is 11.4 Å². The molecule has 0 aliphatic heterocycles. The zero-order valence-corrected chi connectivity index (χ0v) is 15.5. The van der Waals surface area contributed by atoms with Crippen LogP contribution in [0.15, 0.2) is 72.8 Å². The van der Waals surface area contributed by atoms with Gasteiger partial charge in [0.05, 0.1) is 11.1 Å². The lowest BCUT2D eigenvalue weighted by molar-refractivity contribution is 0.0686. The number of benzene rings is 3. The van der Waals surface area contributed by atoms with Crippen LogP contribution in [0.3, 0.4) is 0 Å². The maximum atomic E-state index is 12.4. The second kappa shape index (κ2) is 8.70. The predicted octanol–water partition coefficient (Wildman–Crippen LogP) is 3.59. The van der Waals surface area contributed by atoms with Crippen molar-refractivity contribution in [2.75, 3.05) is 10.6 Å². The summed E-state index contributed by atoms with van der Waals surface area (Å²) in [7, 11) is 0. The summed E-state index contributed by atoms with van der Waals surface area (Å²) in [6.45, 7) is 0. The fourth-order valence-electron chi connectivity index (χ4n) is 2.64. The zero-order chi connectivity index (χ0) is 21.7. The van der Waals surface area contributed by atoms with Crippen molar-refractivity contribution >= 4 is 35.1 Å². The first-order valence-electron chi connectivity index (χ1n) is 8.73. The molecule has 0 aliphatic carbocycles. The van der Waals surface area contributed by atoms with Crippen LogP contribution in [0.1, 0.15) is 41.4 Å². The van der Waals surface area contributed by atoms with E-state index >= 15 is 0 Å². The average molecular weight is 404 g/mol. The SMILES string of the molecule is O=C(O)c1cccc(NC(=O)c2ccc(C(=O)Nc3cccc(C(=O)O)c3)cc2)c1. The minimum atomic E-state index is -1.10. The quantitative estimate of drug-likeness (QED) is 0.496. The van der Waals surface area contributed by atoms with Crippen LogP contribution in [-0.4, -0.2) is 34.0 Å². The lowest BCUT2D eigenvalue weighted by Crippen LogP contribution is -2.15. The third-order valence-electron chi connectivity index (χ3n) is 4.14. The van der Waals surface area contributed by atoms with E-state index in [-0.39, 0.29) is 22.3 Å². The number of carboxylic acids is 2. The Morgan fingerprint density at radius 3 is 1.23 bits per heavy atom. The third-order valence-corrected chi connectivity index (χ3v) is 4.14. The summed E-state index contributed by atoms with van der Waals surface area (Å²) in [6.07, 6.45) is 0.